The van der Waals surface area contributed by atoms with E-state index in [9.17, 15) is 18.0 Å². The Morgan fingerprint density at radius 2 is 1.47 bits per heavy atom. The maximum absolute atomic E-state index is 12.7. The first kappa shape index (κ1) is 26.5. The Kier molecular flexibility index (Phi) is 8.99. The number of benzene rings is 2. The van der Waals surface area contributed by atoms with E-state index >= 15 is 0 Å². The number of hydrogen-bond acceptors (Lipinski definition) is 3. The molecule has 1 saturated carbocycles. The van der Waals surface area contributed by atoms with Gasteiger partial charge >= 0.3 is 6.18 Å². The molecule has 0 bridgehead atoms. The first-order valence-electron chi connectivity index (χ1n) is 10.3. The van der Waals surface area contributed by atoms with Crippen LogP contribution in [0.5, 0.6) is 0 Å². The smallest absolute Gasteiger partial charge is 0.339 e. The van der Waals surface area contributed by atoms with E-state index < -0.39 is 11.7 Å². The van der Waals surface area contributed by atoms with Gasteiger partial charge in [0.15, 0.2) is 0 Å². The van der Waals surface area contributed by atoms with Crippen molar-refractivity contribution >= 4 is 30.7 Å². The lowest BCUT2D eigenvalue weighted by Crippen LogP contribution is -2.49. The molecule has 0 spiro atoms. The summed E-state index contributed by atoms with van der Waals surface area (Å²) in [6.45, 7) is 3.79. The van der Waals surface area contributed by atoms with E-state index in [1.54, 1.807) is 0 Å². The Hall–Kier alpha value is -1.80. The number of nitrogens with one attached hydrogen (secondary N) is 1. The minimum atomic E-state index is -4.32. The van der Waals surface area contributed by atoms with Crippen molar-refractivity contribution in [1.82, 2.24) is 15.1 Å². The van der Waals surface area contributed by atoms with Crippen molar-refractivity contribution in [3.8, 4) is 11.1 Å². The maximum Gasteiger partial charge on any atom is 0.416 e. The number of halogens is 5. The summed E-state index contributed by atoms with van der Waals surface area (Å²) < 4.78 is 38.1. The average Bonchev–Trinajstić information content (AvgIpc) is 3.52. The topological polar surface area (TPSA) is 35.6 Å². The van der Waals surface area contributed by atoms with Crippen LogP contribution >= 0.6 is 24.8 Å². The second-order valence-electron chi connectivity index (χ2n) is 8.21. The Morgan fingerprint density at radius 1 is 0.938 bits per heavy atom. The molecule has 2 aliphatic rings. The van der Waals surface area contributed by atoms with Crippen molar-refractivity contribution in [3.63, 3.8) is 0 Å². The lowest BCUT2D eigenvalue weighted by Gasteiger charge is -2.32. The molecule has 176 valence electrons. The zero-order chi connectivity index (χ0) is 21.3. The molecule has 0 radical (unpaired) electrons. The molecule has 1 amide bonds. The van der Waals surface area contributed by atoms with Crippen LogP contribution in [0, 0.1) is 0 Å². The predicted molar refractivity (Wildman–Crippen MR) is 125 cm³/mol. The van der Waals surface area contributed by atoms with Crippen LogP contribution in [-0.4, -0.2) is 61.5 Å². The number of likely N-dealkylation sites (N-methyl/N-ethyl adjacent to an activating group) is 1. The number of amides is 1. The first-order valence-corrected chi connectivity index (χ1v) is 10.3. The van der Waals surface area contributed by atoms with Crippen LogP contribution in [0.2, 0.25) is 0 Å². The van der Waals surface area contributed by atoms with Gasteiger partial charge in [0.2, 0.25) is 5.91 Å². The Bertz CT molecular complexity index is 883. The van der Waals surface area contributed by atoms with Crippen LogP contribution in [0.4, 0.5) is 13.2 Å². The molecular weight excluding hydrogens is 462 g/mol. The summed E-state index contributed by atoms with van der Waals surface area (Å²) in [5.74, 6) is 0.540. The Labute approximate surface area is 199 Å². The molecule has 4 rings (SSSR count). The second-order valence-corrected chi connectivity index (χ2v) is 8.21. The fraction of sp³-hybridized carbons (Fsp3) is 0.435. The number of nitrogens with zero attached hydrogens (tertiary/aromatic N) is 2. The monoisotopic (exact) mass is 489 g/mol. The molecule has 9 heteroatoms. The van der Waals surface area contributed by atoms with Crippen LogP contribution < -0.4 is 5.32 Å². The molecule has 2 aromatic carbocycles. The number of rotatable bonds is 5. The van der Waals surface area contributed by atoms with Gasteiger partial charge < -0.3 is 15.1 Å². The molecule has 1 N–H and O–H groups in total. The molecule has 2 fully saturated rings. The van der Waals surface area contributed by atoms with E-state index in [-0.39, 0.29) is 30.7 Å². The minimum absolute atomic E-state index is 0. The highest BCUT2D eigenvalue weighted by Gasteiger charge is 2.38. The van der Waals surface area contributed by atoms with Gasteiger partial charge in [0.1, 0.15) is 0 Å². The van der Waals surface area contributed by atoms with Gasteiger partial charge in [0.05, 0.1) is 12.1 Å². The predicted octanol–water partition coefficient (Wildman–Crippen LogP) is 4.44. The van der Waals surface area contributed by atoms with Crippen molar-refractivity contribution in [2.45, 2.75) is 24.6 Å². The van der Waals surface area contributed by atoms with Gasteiger partial charge in [0, 0.05) is 38.1 Å². The maximum atomic E-state index is 12.7. The number of carbonyl (C=O) groups excluding carboxylic acids is 1. The molecule has 1 heterocycles. The van der Waals surface area contributed by atoms with Gasteiger partial charge in [-0.05, 0) is 42.3 Å². The zero-order valence-corrected chi connectivity index (χ0v) is 19.4. The lowest BCUT2D eigenvalue weighted by molar-refractivity contribution is -0.137. The highest BCUT2D eigenvalue weighted by Crippen LogP contribution is 2.41. The Balaban J connectivity index is 0.00000181. The third-order valence-electron chi connectivity index (χ3n) is 6.05. The van der Waals surface area contributed by atoms with Crippen LogP contribution in [-0.2, 0) is 11.0 Å². The van der Waals surface area contributed by atoms with E-state index in [4.69, 9.17) is 0 Å². The van der Waals surface area contributed by atoms with Gasteiger partial charge in [-0.15, -0.1) is 24.8 Å². The van der Waals surface area contributed by atoms with Gasteiger partial charge in [-0.3, -0.25) is 4.79 Å². The van der Waals surface area contributed by atoms with Crippen molar-refractivity contribution in [3.05, 3.63) is 59.7 Å². The summed E-state index contributed by atoms with van der Waals surface area (Å²) in [4.78, 5) is 16.5. The molecule has 0 aromatic heterocycles. The lowest BCUT2D eigenvalue weighted by atomic mass is 10.0. The molecule has 1 saturated heterocycles. The second kappa shape index (κ2) is 10.9. The molecular formula is C23H28Cl2F3N3O. The van der Waals surface area contributed by atoms with E-state index in [0.717, 1.165) is 55.9 Å². The summed E-state index contributed by atoms with van der Waals surface area (Å²) in [6.07, 6.45) is -3.32. The van der Waals surface area contributed by atoms with Gasteiger partial charge in [-0.2, -0.15) is 13.2 Å². The van der Waals surface area contributed by atoms with Crippen LogP contribution in [0.15, 0.2) is 48.5 Å². The third-order valence-corrected chi connectivity index (χ3v) is 6.05. The summed E-state index contributed by atoms with van der Waals surface area (Å²) in [7, 11) is 2.07. The largest absolute Gasteiger partial charge is 0.416 e. The highest BCUT2D eigenvalue weighted by molar-refractivity contribution is 5.85. The normalized spacial score (nSPS) is 20.8. The number of piperazine rings is 1. The quantitative estimate of drug-likeness (QED) is 0.674. The molecule has 4 nitrogen and oxygen atoms in total. The summed E-state index contributed by atoms with van der Waals surface area (Å²) in [6, 6.07) is 13.5. The summed E-state index contributed by atoms with van der Waals surface area (Å²) >= 11 is 0. The average molecular weight is 490 g/mol. The van der Waals surface area contributed by atoms with Gasteiger partial charge in [-0.25, -0.2) is 0 Å². The minimum Gasteiger partial charge on any atom is -0.339 e. The number of carbonyl (C=O) groups is 1. The van der Waals surface area contributed by atoms with E-state index in [0.29, 0.717) is 18.5 Å². The fourth-order valence-electron chi connectivity index (χ4n) is 3.95. The summed E-state index contributed by atoms with van der Waals surface area (Å²) in [5, 5.41) is 3.37. The van der Waals surface area contributed by atoms with Gasteiger partial charge in [-0.1, -0.05) is 36.4 Å². The van der Waals surface area contributed by atoms with Crippen molar-refractivity contribution < 1.29 is 18.0 Å². The molecule has 2 atom stereocenters. The fourth-order valence-corrected chi connectivity index (χ4v) is 3.95. The molecule has 2 aromatic rings. The number of hydrogen-bond donors (Lipinski definition) is 1. The Morgan fingerprint density at radius 3 is 2.00 bits per heavy atom. The van der Waals surface area contributed by atoms with Crippen LogP contribution in [0.25, 0.3) is 11.1 Å². The first-order chi connectivity index (χ1) is 14.3. The van der Waals surface area contributed by atoms with Gasteiger partial charge in [0.25, 0.3) is 0 Å². The van der Waals surface area contributed by atoms with Crippen molar-refractivity contribution in [1.29, 1.82) is 0 Å². The van der Waals surface area contributed by atoms with Crippen LogP contribution in [0.1, 0.15) is 23.5 Å². The van der Waals surface area contributed by atoms with E-state index in [1.807, 2.05) is 29.2 Å². The third kappa shape index (κ3) is 6.38. The van der Waals surface area contributed by atoms with Crippen molar-refractivity contribution in [2.24, 2.45) is 0 Å². The summed E-state index contributed by atoms with van der Waals surface area (Å²) in [5.41, 5.74) is 2.21. The standard InChI is InChI=1S/C23H26F3N3O.2ClH/c1-28-10-12-29(13-11-28)22(30)15-27-21-14-20(21)18-4-2-16(3-5-18)17-6-8-19(9-7-17)23(24,25)26;;/h2-9,20-21,27H,10-15H2,1H3;2*1H. The van der Waals surface area contributed by atoms with E-state index in [1.165, 1.54) is 17.7 Å². The number of alkyl halides is 3. The molecule has 32 heavy (non-hydrogen) atoms. The molecule has 1 aliphatic carbocycles. The van der Waals surface area contributed by atoms with Crippen LogP contribution in [0.3, 0.4) is 0 Å². The van der Waals surface area contributed by atoms with E-state index in [2.05, 4.69) is 17.3 Å². The molecule has 1 aliphatic heterocycles. The highest BCUT2D eigenvalue weighted by atomic mass is 35.5. The van der Waals surface area contributed by atoms with Crippen molar-refractivity contribution in [2.75, 3.05) is 39.8 Å². The molecule has 2 unspecified atom stereocenters. The zero-order valence-electron chi connectivity index (χ0n) is 17.8. The SMILES string of the molecule is CN1CCN(C(=O)CNC2CC2c2ccc(-c3ccc(C(F)(F)F)cc3)cc2)CC1.Cl.Cl.